The van der Waals surface area contributed by atoms with E-state index in [0.29, 0.717) is 18.7 Å². The molecule has 0 heterocycles. The number of nitro benzene ring substituents is 1. The van der Waals surface area contributed by atoms with Crippen LogP contribution in [0, 0.1) is 10.1 Å². The van der Waals surface area contributed by atoms with Gasteiger partial charge in [-0.05, 0) is 19.7 Å². The number of benzene rings is 1. The highest BCUT2D eigenvalue weighted by Gasteiger charge is 2.18. The number of nitrogens with zero attached hydrogens (tertiary/aromatic N) is 3. The Hall–Kier alpha value is -1.51. The molecule has 0 aliphatic carbocycles. The van der Waals surface area contributed by atoms with Crippen molar-refractivity contribution in [2.24, 2.45) is 0 Å². The molecule has 0 saturated carbocycles. The summed E-state index contributed by atoms with van der Waals surface area (Å²) < 4.78 is 25.5. The monoisotopic (exact) mass is 301 g/mol. The molecule has 1 aromatic carbocycles. The van der Waals surface area contributed by atoms with Gasteiger partial charge in [-0.15, -0.1) is 0 Å². The minimum atomic E-state index is -3.41. The van der Waals surface area contributed by atoms with Crippen molar-refractivity contribution in [1.82, 2.24) is 9.21 Å². The predicted octanol–water partition coefficient (Wildman–Crippen LogP) is 0.918. The molecule has 0 spiro atoms. The summed E-state index contributed by atoms with van der Waals surface area (Å²) >= 11 is 0. The number of sulfonamides is 1. The number of likely N-dealkylation sites (N-methyl/N-ethyl adjacent to an activating group) is 2. The first-order valence-corrected chi connectivity index (χ1v) is 7.65. The summed E-state index contributed by atoms with van der Waals surface area (Å²) in [7, 11) is 1.87. The van der Waals surface area contributed by atoms with Gasteiger partial charge >= 0.3 is 0 Å². The third-order valence-corrected chi connectivity index (χ3v) is 4.66. The van der Waals surface area contributed by atoms with Gasteiger partial charge in [0.05, 0.1) is 10.7 Å². The van der Waals surface area contributed by atoms with Crippen LogP contribution in [0.25, 0.3) is 0 Å². The second-order valence-corrected chi connectivity index (χ2v) is 6.88. The van der Waals surface area contributed by atoms with E-state index in [0.717, 1.165) is 0 Å². The lowest BCUT2D eigenvalue weighted by atomic mass is 10.2. The van der Waals surface area contributed by atoms with E-state index >= 15 is 0 Å². The van der Waals surface area contributed by atoms with Gasteiger partial charge in [-0.1, -0.05) is 12.1 Å². The van der Waals surface area contributed by atoms with E-state index < -0.39 is 14.9 Å². The van der Waals surface area contributed by atoms with Crippen LogP contribution in [0.1, 0.15) is 5.56 Å². The summed E-state index contributed by atoms with van der Waals surface area (Å²) in [6.07, 6.45) is 0. The summed E-state index contributed by atoms with van der Waals surface area (Å²) in [6, 6.07) is 5.56. The lowest BCUT2D eigenvalue weighted by Crippen LogP contribution is -2.34. The number of hydrogen-bond acceptors (Lipinski definition) is 5. The number of nitro groups is 1. The van der Waals surface area contributed by atoms with Crippen molar-refractivity contribution in [3.63, 3.8) is 0 Å². The summed E-state index contributed by atoms with van der Waals surface area (Å²) in [5.41, 5.74) is 0.486. The van der Waals surface area contributed by atoms with Gasteiger partial charge in [0.15, 0.2) is 0 Å². The number of hydrogen-bond donors (Lipinski definition) is 0. The molecule has 0 aromatic heterocycles. The lowest BCUT2D eigenvalue weighted by molar-refractivity contribution is -0.384. The van der Waals surface area contributed by atoms with Crippen LogP contribution in [0.15, 0.2) is 24.3 Å². The van der Waals surface area contributed by atoms with Crippen molar-refractivity contribution in [1.29, 1.82) is 0 Å². The molecule has 0 radical (unpaired) electrons. The van der Waals surface area contributed by atoms with E-state index in [2.05, 4.69) is 0 Å². The van der Waals surface area contributed by atoms with Crippen LogP contribution >= 0.6 is 0 Å². The third-order valence-electron chi connectivity index (χ3n) is 2.83. The fourth-order valence-electron chi connectivity index (χ4n) is 1.51. The van der Waals surface area contributed by atoms with Gasteiger partial charge in [-0.2, -0.15) is 0 Å². The average Bonchev–Trinajstić information content (AvgIpc) is 2.35. The molecule has 0 unspecified atom stereocenters. The maximum absolute atomic E-state index is 12.1. The molecule has 0 amide bonds. The van der Waals surface area contributed by atoms with Crippen molar-refractivity contribution in [3.05, 3.63) is 39.9 Å². The molecular formula is C12H19N3O4S. The van der Waals surface area contributed by atoms with Gasteiger partial charge in [0.25, 0.3) is 5.69 Å². The Labute approximate surface area is 119 Å². The van der Waals surface area contributed by atoms with E-state index in [-0.39, 0.29) is 11.4 Å². The highest BCUT2D eigenvalue weighted by molar-refractivity contribution is 7.88. The second kappa shape index (κ2) is 6.78. The first-order valence-electron chi connectivity index (χ1n) is 6.04. The van der Waals surface area contributed by atoms with Crippen LogP contribution in [0.5, 0.6) is 0 Å². The summed E-state index contributed by atoms with van der Waals surface area (Å²) in [4.78, 5) is 11.9. The van der Waals surface area contributed by atoms with E-state index in [9.17, 15) is 18.5 Å². The van der Waals surface area contributed by atoms with Crippen LogP contribution < -0.4 is 0 Å². The van der Waals surface area contributed by atoms with Crippen molar-refractivity contribution < 1.29 is 13.3 Å². The fourth-order valence-corrected chi connectivity index (χ4v) is 2.71. The Morgan fingerprint density at radius 3 is 2.10 bits per heavy atom. The highest BCUT2D eigenvalue weighted by atomic mass is 32.2. The maximum Gasteiger partial charge on any atom is 0.269 e. The first-order chi connectivity index (χ1) is 9.22. The predicted molar refractivity (Wildman–Crippen MR) is 76.9 cm³/mol. The van der Waals surface area contributed by atoms with Crippen molar-refractivity contribution in [2.75, 3.05) is 34.2 Å². The Bertz CT molecular complexity index is 555. The lowest BCUT2D eigenvalue weighted by Gasteiger charge is -2.19. The molecule has 0 bridgehead atoms. The van der Waals surface area contributed by atoms with Crippen molar-refractivity contribution in [2.45, 2.75) is 5.75 Å². The molecular weight excluding hydrogens is 282 g/mol. The van der Waals surface area contributed by atoms with E-state index in [1.165, 1.54) is 35.6 Å². The van der Waals surface area contributed by atoms with Crippen molar-refractivity contribution in [3.8, 4) is 0 Å². The molecule has 7 nitrogen and oxygen atoms in total. The molecule has 0 atom stereocenters. The quantitative estimate of drug-likeness (QED) is 0.552. The van der Waals surface area contributed by atoms with Gasteiger partial charge in [-0.25, -0.2) is 12.7 Å². The van der Waals surface area contributed by atoms with Crippen LogP contribution in [-0.2, 0) is 15.8 Å². The first kappa shape index (κ1) is 16.5. The normalized spacial score (nSPS) is 12.1. The van der Waals surface area contributed by atoms with Gasteiger partial charge in [0, 0.05) is 32.3 Å². The molecule has 1 rings (SSSR count). The molecule has 0 aliphatic rings. The minimum absolute atomic E-state index is 0.0490. The van der Waals surface area contributed by atoms with Gasteiger partial charge < -0.3 is 4.90 Å². The Kier molecular flexibility index (Phi) is 5.61. The molecule has 0 N–H and O–H groups in total. The smallest absolute Gasteiger partial charge is 0.269 e. The van der Waals surface area contributed by atoms with Gasteiger partial charge in [0.1, 0.15) is 0 Å². The Morgan fingerprint density at radius 1 is 1.10 bits per heavy atom. The van der Waals surface area contributed by atoms with Gasteiger partial charge in [0.2, 0.25) is 10.0 Å². The van der Waals surface area contributed by atoms with E-state index in [4.69, 9.17) is 0 Å². The van der Waals surface area contributed by atoms with E-state index in [1.807, 2.05) is 19.0 Å². The summed E-state index contributed by atoms with van der Waals surface area (Å²) in [6.45, 7) is 1.04. The molecule has 0 aliphatic heterocycles. The van der Waals surface area contributed by atoms with Crippen LogP contribution in [-0.4, -0.2) is 56.8 Å². The maximum atomic E-state index is 12.1. The van der Waals surface area contributed by atoms with E-state index in [1.54, 1.807) is 0 Å². The largest absolute Gasteiger partial charge is 0.308 e. The molecule has 0 fully saturated rings. The number of non-ortho nitro benzene ring substituents is 1. The zero-order chi connectivity index (χ0) is 15.3. The summed E-state index contributed by atoms with van der Waals surface area (Å²) in [5, 5.41) is 10.5. The van der Waals surface area contributed by atoms with Gasteiger partial charge in [-0.3, -0.25) is 10.1 Å². The van der Waals surface area contributed by atoms with Crippen LogP contribution in [0.4, 0.5) is 5.69 Å². The number of rotatable bonds is 7. The highest BCUT2D eigenvalue weighted by Crippen LogP contribution is 2.15. The molecule has 20 heavy (non-hydrogen) atoms. The van der Waals surface area contributed by atoms with Crippen LogP contribution in [0.2, 0.25) is 0 Å². The second-order valence-electron chi connectivity index (χ2n) is 4.80. The average molecular weight is 301 g/mol. The molecule has 1 aromatic rings. The third kappa shape index (κ3) is 4.87. The fraction of sp³-hybridized carbons (Fsp3) is 0.500. The Morgan fingerprint density at radius 2 is 1.65 bits per heavy atom. The Balaban J connectivity index is 2.72. The topological polar surface area (TPSA) is 83.8 Å². The zero-order valence-corrected chi connectivity index (χ0v) is 12.6. The standard InChI is InChI=1S/C12H19N3O4S/c1-13(2)8-9-14(3)20(18,19)10-11-4-6-12(7-5-11)15(16)17/h4-7H,8-10H2,1-3H3. The SMILES string of the molecule is CN(C)CCN(C)S(=O)(=O)Cc1ccc([N+](=O)[O-])cc1. The molecule has 112 valence electrons. The molecule has 0 saturated heterocycles. The minimum Gasteiger partial charge on any atom is -0.308 e. The van der Waals surface area contributed by atoms with Crippen molar-refractivity contribution >= 4 is 15.7 Å². The molecule has 8 heteroatoms. The summed E-state index contributed by atoms with van der Waals surface area (Å²) in [5.74, 6) is -0.158. The zero-order valence-electron chi connectivity index (χ0n) is 11.8. The van der Waals surface area contributed by atoms with Crippen LogP contribution in [0.3, 0.4) is 0 Å².